The summed E-state index contributed by atoms with van der Waals surface area (Å²) < 4.78 is 5.65. The second-order valence-electron chi connectivity index (χ2n) is 4.08. The Morgan fingerprint density at radius 1 is 1.35 bits per heavy atom. The lowest BCUT2D eigenvalue weighted by atomic mass is 10.1. The maximum absolute atomic E-state index is 5.75. The zero-order valence-electron chi connectivity index (χ0n) is 9.80. The molecule has 4 heteroatoms. The minimum Gasteiger partial charge on any atom is -0.488 e. The predicted octanol–water partition coefficient (Wildman–Crippen LogP) is 2.61. The molecule has 0 radical (unpaired) electrons. The van der Waals surface area contributed by atoms with Gasteiger partial charge in [-0.3, -0.25) is 4.98 Å². The van der Waals surface area contributed by atoms with Crippen molar-refractivity contribution in [1.82, 2.24) is 4.98 Å². The molecule has 0 amide bonds. The van der Waals surface area contributed by atoms with Gasteiger partial charge in [-0.25, -0.2) is 0 Å². The number of benzene rings is 1. The highest BCUT2D eigenvalue weighted by molar-refractivity contribution is 7.09. The Kier molecular flexibility index (Phi) is 4.12. The van der Waals surface area contributed by atoms with Crippen LogP contribution in [0.2, 0.25) is 0 Å². The van der Waals surface area contributed by atoms with Crippen molar-refractivity contribution >= 4 is 11.3 Å². The van der Waals surface area contributed by atoms with E-state index in [1.165, 1.54) is 5.56 Å². The van der Waals surface area contributed by atoms with E-state index in [0.717, 1.165) is 17.0 Å². The van der Waals surface area contributed by atoms with Crippen molar-refractivity contribution < 1.29 is 4.74 Å². The summed E-state index contributed by atoms with van der Waals surface area (Å²) in [6.45, 7) is 2.59. The normalized spacial score (nSPS) is 12.4. The van der Waals surface area contributed by atoms with Crippen molar-refractivity contribution in [3.63, 3.8) is 0 Å². The van der Waals surface area contributed by atoms with Crippen molar-refractivity contribution in [2.45, 2.75) is 26.0 Å². The van der Waals surface area contributed by atoms with E-state index in [-0.39, 0.29) is 6.04 Å². The molecule has 0 spiro atoms. The molecule has 0 aliphatic carbocycles. The smallest absolute Gasteiger partial charge is 0.124 e. The Bertz CT molecular complexity index is 437. The second kappa shape index (κ2) is 5.80. The van der Waals surface area contributed by atoms with Gasteiger partial charge in [0, 0.05) is 12.2 Å². The van der Waals surface area contributed by atoms with Gasteiger partial charge in [-0.15, -0.1) is 11.3 Å². The zero-order valence-corrected chi connectivity index (χ0v) is 10.6. The van der Waals surface area contributed by atoms with Crippen LogP contribution in [0, 0.1) is 0 Å². The summed E-state index contributed by atoms with van der Waals surface area (Å²) >= 11 is 1.60. The number of nitrogens with zero attached hydrogens (tertiary/aromatic N) is 1. The number of aromatic nitrogens is 1. The van der Waals surface area contributed by atoms with Crippen molar-refractivity contribution in [3.05, 3.63) is 46.4 Å². The summed E-state index contributed by atoms with van der Waals surface area (Å²) in [7, 11) is 0. The number of hydrogen-bond acceptors (Lipinski definition) is 4. The molecule has 17 heavy (non-hydrogen) atoms. The average molecular weight is 248 g/mol. The molecule has 3 nitrogen and oxygen atoms in total. The van der Waals surface area contributed by atoms with Crippen LogP contribution in [0.15, 0.2) is 36.0 Å². The molecule has 0 bridgehead atoms. The monoisotopic (exact) mass is 248 g/mol. The quantitative estimate of drug-likeness (QED) is 0.884. The molecule has 1 aromatic carbocycles. The third-order valence-electron chi connectivity index (χ3n) is 2.35. The number of ether oxygens (including phenoxy) is 1. The van der Waals surface area contributed by atoms with Gasteiger partial charge in [0.1, 0.15) is 12.4 Å². The molecule has 0 saturated heterocycles. The van der Waals surface area contributed by atoms with Crippen LogP contribution in [-0.2, 0) is 13.0 Å². The lowest BCUT2D eigenvalue weighted by molar-refractivity contribution is 0.309. The molecule has 1 aromatic heterocycles. The molecular formula is C13H16N2OS. The number of thiazole rings is 1. The second-order valence-corrected chi connectivity index (χ2v) is 5.05. The van der Waals surface area contributed by atoms with E-state index in [9.17, 15) is 0 Å². The van der Waals surface area contributed by atoms with Crippen LogP contribution in [0.1, 0.15) is 17.4 Å². The molecule has 0 fully saturated rings. The number of nitrogens with two attached hydrogens (primary N) is 1. The summed E-state index contributed by atoms with van der Waals surface area (Å²) in [6.07, 6.45) is 2.73. The molecule has 2 N–H and O–H groups in total. The highest BCUT2D eigenvalue weighted by Gasteiger charge is 2.00. The van der Waals surface area contributed by atoms with Crippen LogP contribution in [0.4, 0.5) is 0 Å². The SMILES string of the molecule is CC(N)Cc1ccc(OCc2cncs2)cc1. The van der Waals surface area contributed by atoms with Gasteiger partial charge < -0.3 is 10.5 Å². The maximum atomic E-state index is 5.75. The number of hydrogen-bond donors (Lipinski definition) is 1. The van der Waals surface area contributed by atoms with Crippen LogP contribution >= 0.6 is 11.3 Å². The van der Waals surface area contributed by atoms with Crippen LogP contribution in [0.3, 0.4) is 0 Å². The van der Waals surface area contributed by atoms with Crippen molar-refractivity contribution in [3.8, 4) is 5.75 Å². The Morgan fingerprint density at radius 2 is 2.12 bits per heavy atom. The van der Waals surface area contributed by atoms with E-state index >= 15 is 0 Å². The first kappa shape index (κ1) is 12.1. The molecule has 2 rings (SSSR count). The van der Waals surface area contributed by atoms with E-state index in [2.05, 4.69) is 17.1 Å². The molecule has 0 aliphatic rings. The van der Waals surface area contributed by atoms with Crippen molar-refractivity contribution in [2.24, 2.45) is 5.73 Å². The summed E-state index contributed by atoms with van der Waals surface area (Å²) in [5.41, 5.74) is 8.80. The fraction of sp³-hybridized carbons (Fsp3) is 0.308. The highest BCUT2D eigenvalue weighted by atomic mass is 32.1. The van der Waals surface area contributed by atoms with E-state index in [0.29, 0.717) is 6.61 Å². The highest BCUT2D eigenvalue weighted by Crippen LogP contribution is 2.16. The van der Waals surface area contributed by atoms with Crippen LogP contribution in [0.5, 0.6) is 5.75 Å². The first-order valence-corrected chi connectivity index (χ1v) is 6.46. The van der Waals surface area contributed by atoms with Gasteiger partial charge in [0.05, 0.1) is 10.4 Å². The van der Waals surface area contributed by atoms with Gasteiger partial charge in [0.2, 0.25) is 0 Å². The zero-order chi connectivity index (χ0) is 12.1. The molecular weight excluding hydrogens is 232 g/mol. The average Bonchev–Trinajstić information content (AvgIpc) is 2.80. The number of rotatable bonds is 5. The topological polar surface area (TPSA) is 48.1 Å². The van der Waals surface area contributed by atoms with Crippen molar-refractivity contribution in [2.75, 3.05) is 0 Å². The summed E-state index contributed by atoms with van der Waals surface area (Å²) in [5, 5.41) is 0. The molecule has 0 saturated carbocycles. The first-order chi connectivity index (χ1) is 8.24. The van der Waals surface area contributed by atoms with Crippen LogP contribution in [0.25, 0.3) is 0 Å². The Balaban J connectivity index is 1.89. The van der Waals surface area contributed by atoms with E-state index in [1.807, 2.05) is 30.8 Å². The summed E-state index contributed by atoms with van der Waals surface area (Å²) in [4.78, 5) is 5.14. The van der Waals surface area contributed by atoms with E-state index in [4.69, 9.17) is 10.5 Å². The Labute approximate surface area is 105 Å². The fourth-order valence-corrected chi connectivity index (χ4v) is 2.07. The van der Waals surface area contributed by atoms with Crippen LogP contribution < -0.4 is 10.5 Å². The van der Waals surface area contributed by atoms with Crippen LogP contribution in [-0.4, -0.2) is 11.0 Å². The minimum absolute atomic E-state index is 0.193. The summed E-state index contributed by atoms with van der Waals surface area (Å²) in [6, 6.07) is 8.28. The molecule has 1 heterocycles. The first-order valence-electron chi connectivity index (χ1n) is 5.59. The molecule has 1 unspecified atom stereocenters. The van der Waals surface area contributed by atoms with Gasteiger partial charge in [-0.1, -0.05) is 12.1 Å². The molecule has 1 atom stereocenters. The van der Waals surface area contributed by atoms with E-state index < -0.39 is 0 Å². The lowest BCUT2D eigenvalue weighted by Gasteiger charge is -2.07. The summed E-state index contributed by atoms with van der Waals surface area (Å²) in [5.74, 6) is 0.881. The van der Waals surface area contributed by atoms with Gasteiger partial charge in [-0.2, -0.15) is 0 Å². The van der Waals surface area contributed by atoms with E-state index in [1.54, 1.807) is 11.3 Å². The minimum atomic E-state index is 0.193. The molecule has 90 valence electrons. The van der Waals surface area contributed by atoms with Crippen molar-refractivity contribution in [1.29, 1.82) is 0 Å². The standard InChI is InChI=1S/C13H16N2OS/c1-10(14)6-11-2-4-12(5-3-11)16-8-13-7-15-9-17-13/h2-5,7,9-10H,6,8,14H2,1H3. The van der Waals surface area contributed by atoms with Gasteiger partial charge >= 0.3 is 0 Å². The lowest BCUT2D eigenvalue weighted by Crippen LogP contribution is -2.17. The van der Waals surface area contributed by atoms with Gasteiger partial charge in [0.25, 0.3) is 0 Å². The van der Waals surface area contributed by atoms with Gasteiger partial charge in [0.15, 0.2) is 0 Å². The maximum Gasteiger partial charge on any atom is 0.124 e. The molecule has 2 aromatic rings. The van der Waals surface area contributed by atoms with Gasteiger partial charge in [-0.05, 0) is 31.0 Å². The predicted molar refractivity (Wildman–Crippen MR) is 70.2 cm³/mol. The third-order valence-corrected chi connectivity index (χ3v) is 3.10. The Morgan fingerprint density at radius 3 is 2.71 bits per heavy atom. The fourth-order valence-electron chi connectivity index (χ4n) is 1.56. The third kappa shape index (κ3) is 3.84. The Hall–Kier alpha value is -1.39. The largest absolute Gasteiger partial charge is 0.488 e. The molecule has 0 aliphatic heterocycles.